The number of rotatable bonds is 18. The van der Waals surface area contributed by atoms with Crippen molar-refractivity contribution >= 4 is 110 Å². The molecule has 5 aromatic carbocycles. The van der Waals surface area contributed by atoms with E-state index in [-0.39, 0.29) is 76.8 Å². The molecule has 4 fully saturated rings. The van der Waals surface area contributed by atoms with Crippen molar-refractivity contribution in [3.63, 3.8) is 0 Å². The van der Waals surface area contributed by atoms with Crippen LogP contribution < -0.4 is 64.2 Å². The van der Waals surface area contributed by atoms with Gasteiger partial charge in [0.15, 0.2) is 0 Å². The molecule has 0 spiro atoms. The quantitative estimate of drug-likeness (QED) is 0.0547. The van der Waals surface area contributed by atoms with Gasteiger partial charge in [-0.25, -0.2) is 0 Å². The topological polar surface area (TPSA) is 396 Å². The number of aromatic nitrogens is 1. The summed E-state index contributed by atoms with van der Waals surface area (Å²) in [5, 5.41) is 33.6. The lowest BCUT2D eigenvalue weighted by Gasteiger charge is -2.31. The Bertz CT molecular complexity index is 4090. The largest absolute Gasteiger partial charge is 0.368 e. The SMILES string of the molecule is CC(=O)N[C@H](Cc1ccc2ccccc2c1)C(=O)N[C@H](Cc1ccc(Cl)cc1)C(=O)N[C@H](Cc1cccnc1)C(=O)N[C@H]1CC(=O)NC[C@@H](C(N)=O)NC(=O)[C@@H]2CCCN2C(=O)[C@@H]2CCCCNC(=O)CC[C@H](NC1=O)C(=O)N[C@H](Cc1ccc3ccccc3c1)C(=O)N[C@@H](CC(C)C)C(=O)N2. The molecular weight excluding hydrogens is 1330 g/mol. The first kappa shape index (κ1) is 75.4. The number of nitrogens with one attached hydrogen (secondary N) is 11. The third-order valence-corrected chi connectivity index (χ3v) is 18.4. The van der Waals surface area contributed by atoms with Gasteiger partial charge in [-0.3, -0.25) is 67.3 Å². The third-order valence-electron chi connectivity index (χ3n) is 18.1. The molecule has 0 radical (unpaired) electrons. The molecule has 0 aliphatic carbocycles. The van der Waals surface area contributed by atoms with Gasteiger partial charge in [-0.15, -0.1) is 0 Å². The van der Waals surface area contributed by atoms with Gasteiger partial charge in [0.1, 0.15) is 60.4 Å². The molecule has 5 heterocycles. The number of fused-ring (bicyclic) bond motifs is 25. The first-order valence-corrected chi connectivity index (χ1v) is 34.7. The highest BCUT2D eigenvalue weighted by Crippen LogP contribution is 2.23. The molecule has 4 aliphatic heterocycles. The van der Waals surface area contributed by atoms with Crippen molar-refractivity contribution in [2.75, 3.05) is 19.6 Å². The second-order valence-electron chi connectivity index (χ2n) is 26.5. The fourth-order valence-electron chi connectivity index (χ4n) is 12.8. The van der Waals surface area contributed by atoms with Crippen LogP contribution in [-0.2, 0) is 88.0 Å². The summed E-state index contributed by atoms with van der Waals surface area (Å²) in [5.74, 6) is -11.5. The summed E-state index contributed by atoms with van der Waals surface area (Å²) in [6, 6.07) is 20.7. The van der Waals surface area contributed by atoms with Crippen LogP contribution >= 0.6 is 11.6 Å². The number of carbonyl (C=O) groups excluding carboxylic acids is 13. The highest BCUT2D eigenvalue weighted by atomic mass is 35.5. The highest BCUT2D eigenvalue weighted by Gasteiger charge is 2.41. The van der Waals surface area contributed by atoms with Gasteiger partial charge in [0.25, 0.3) is 0 Å². The Balaban J connectivity index is 1.08. The summed E-state index contributed by atoms with van der Waals surface area (Å²) in [7, 11) is 0. The zero-order valence-corrected chi connectivity index (χ0v) is 57.8. The van der Waals surface area contributed by atoms with Crippen molar-refractivity contribution in [3.05, 3.63) is 161 Å². The van der Waals surface area contributed by atoms with E-state index in [0.717, 1.165) is 21.5 Å². The van der Waals surface area contributed by atoms with Crippen molar-refractivity contribution < 1.29 is 62.3 Å². The number of benzene rings is 5. The van der Waals surface area contributed by atoms with E-state index in [0.29, 0.717) is 33.7 Å². The summed E-state index contributed by atoms with van der Waals surface area (Å²) in [6.07, 6.45) is 1.50. The third kappa shape index (κ3) is 21.6. The van der Waals surface area contributed by atoms with Crippen LogP contribution in [0.3, 0.4) is 0 Å². The molecule has 0 unspecified atom stereocenters. The molecule has 4 aliphatic rings. The normalized spacial score (nSPS) is 21.7. The van der Waals surface area contributed by atoms with Crippen LogP contribution in [0.2, 0.25) is 5.02 Å². The lowest BCUT2D eigenvalue weighted by molar-refractivity contribution is -0.142. The fraction of sp³-hybridized carbons (Fsp3) is 0.405. The molecular formula is C74H87ClN14O13. The Labute approximate surface area is 594 Å². The first-order chi connectivity index (χ1) is 48.9. The van der Waals surface area contributed by atoms with Gasteiger partial charge >= 0.3 is 0 Å². The van der Waals surface area contributed by atoms with E-state index in [1.165, 1.54) is 24.2 Å². The Kier molecular flexibility index (Phi) is 26.6. The standard InChI is InChI=1S/C74H87ClN14O13/c1-42(2)32-55-67(95)82-54-17-8-9-30-78-63(91)28-27-53(66(94)84-58(70(98)83-55)37-46-20-24-49-14-5-7-16-51(49)34-46)81-72(100)60(39-64(92)79-41-61(65(76)93)88-73(101)62-18-11-31-89(62)74(54)102)87-71(99)59(38-47-12-10-29-77-40-47)86-69(97)57(35-44-21-25-52(75)26-22-44)85-68(96)56(80-43(3)90)36-45-19-23-48-13-4-6-15-50(48)33-45/h4-7,10,12-16,19-26,29,33-34,40,42,53-62H,8-9,11,17-18,27-28,30-32,35-39,41H2,1-3H3,(H2,76,93)(H,78,91)(H,79,92)(H,80,90)(H,81,100)(H,82,95)(H,83,98)(H,84,94)(H,85,96)(H,86,97)(H,87,99)(H,88,101)/t53-,54-,55-,56+,57+,58+,59+,60-,61-,62-/m0/s1. The van der Waals surface area contributed by atoms with Crippen LogP contribution in [0.1, 0.15) is 101 Å². The summed E-state index contributed by atoms with van der Waals surface area (Å²) in [5.41, 5.74) is 7.99. The van der Waals surface area contributed by atoms with E-state index >= 15 is 24.0 Å². The Morgan fingerprint density at radius 3 is 1.82 bits per heavy atom. The average Bonchev–Trinajstić information content (AvgIpc) is 1.16. The number of hydrogen-bond donors (Lipinski definition) is 12. The van der Waals surface area contributed by atoms with Crippen molar-refractivity contribution in [2.24, 2.45) is 11.7 Å². The number of nitrogens with two attached hydrogens (primary N) is 1. The van der Waals surface area contributed by atoms with Gasteiger partial charge in [-0.2, -0.15) is 0 Å². The Morgan fingerprint density at radius 2 is 1.17 bits per heavy atom. The maximum atomic E-state index is 15.3. The van der Waals surface area contributed by atoms with Crippen molar-refractivity contribution in [3.8, 4) is 0 Å². The van der Waals surface area contributed by atoms with E-state index in [1.807, 2.05) is 92.7 Å². The van der Waals surface area contributed by atoms with Gasteiger partial charge in [0, 0.05) is 76.1 Å². The predicted molar refractivity (Wildman–Crippen MR) is 379 cm³/mol. The molecule has 13 amide bonds. The molecule has 1 aromatic heterocycles. The molecule has 10 rings (SSSR count). The monoisotopic (exact) mass is 1410 g/mol. The summed E-state index contributed by atoms with van der Waals surface area (Å²) in [4.78, 5) is 194. The van der Waals surface area contributed by atoms with E-state index in [1.54, 1.807) is 42.5 Å². The van der Waals surface area contributed by atoms with Crippen LogP contribution in [0.4, 0.5) is 0 Å². The minimum absolute atomic E-state index is 0.00400. The van der Waals surface area contributed by atoms with Gasteiger partial charge in [-0.05, 0) is 113 Å². The molecule has 13 N–H and O–H groups in total. The first-order valence-electron chi connectivity index (χ1n) is 34.4. The lowest BCUT2D eigenvalue weighted by Crippen LogP contribution is -2.61. The minimum Gasteiger partial charge on any atom is -0.368 e. The predicted octanol–water partition coefficient (Wildman–Crippen LogP) is 1.82. The highest BCUT2D eigenvalue weighted by molar-refractivity contribution is 6.30. The van der Waals surface area contributed by atoms with Crippen LogP contribution in [0.15, 0.2) is 134 Å². The van der Waals surface area contributed by atoms with Crippen LogP contribution in [-0.4, -0.2) is 167 Å². The number of carbonyl (C=O) groups is 13. The smallest absolute Gasteiger partial charge is 0.245 e. The summed E-state index contributed by atoms with van der Waals surface area (Å²) in [6.45, 7) is 4.35. The molecule has 10 atom stereocenters. The van der Waals surface area contributed by atoms with Gasteiger partial charge in [0.05, 0.1) is 6.42 Å². The minimum atomic E-state index is -1.99. The Hall–Kier alpha value is -10.8. The maximum Gasteiger partial charge on any atom is 0.245 e. The number of hydrogen-bond acceptors (Lipinski definition) is 14. The number of amides is 13. The van der Waals surface area contributed by atoms with Crippen molar-refractivity contribution in [2.45, 2.75) is 165 Å². The van der Waals surface area contributed by atoms with Crippen molar-refractivity contribution in [1.82, 2.24) is 68.4 Å². The van der Waals surface area contributed by atoms with E-state index in [4.69, 9.17) is 17.3 Å². The van der Waals surface area contributed by atoms with Crippen LogP contribution in [0.5, 0.6) is 0 Å². The molecule has 6 aromatic rings. The number of halogens is 1. The molecule has 27 nitrogen and oxygen atoms in total. The van der Waals surface area contributed by atoms with E-state index in [9.17, 15) is 38.4 Å². The molecule has 538 valence electrons. The van der Waals surface area contributed by atoms with Crippen LogP contribution in [0.25, 0.3) is 21.5 Å². The number of nitrogens with zero attached hydrogens (tertiary/aromatic N) is 2. The lowest BCUT2D eigenvalue weighted by atomic mass is 9.98. The number of pyridine rings is 1. The summed E-state index contributed by atoms with van der Waals surface area (Å²) < 4.78 is 0. The molecule has 102 heavy (non-hydrogen) atoms. The molecule has 2 bridgehead atoms. The van der Waals surface area contributed by atoms with Gasteiger partial charge in [-0.1, -0.05) is 129 Å². The van der Waals surface area contributed by atoms with E-state index < -0.39 is 163 Å². The molecule has 0 saturated carbocycles. The molecule has 4 saturated heterocycles. The van der Waals surface area contributed by atoms with Gasteiger partial charge in [0.2, 0.25) is 76.8 Å². The maximum absolute atomic E-state index is 15.3. The molecule has 28 heteroatoms. The fourth-order valence-corrected chi connectivity index (χ4v) is 12.9. The summed E-state index contributed by atoms with van der Waals surface area (Å²) >= 11 is 6.28. The van der Waals surface area contributed by atoms with Crippen molar-refractivity contribution in [1.29, 1.82) is 0 Å². The second kappa shape index (κ2) is 36.0. The Morgan fingerprint density at radius 1 is 0.569 bits per heavy atom. The second-order valence-corrected chi connectivity index (χ2v) is 27.0. The van der Waals surface area contributed by atoms with Crippen LogP contribution in [0, 0.1) is 5.92 Å². The van der Waals surface area contributed by atoms with E-state index in [2.05, 4.69) is 63.5 Å². The average molecular weight is 1420 g/mol. The zero-order chi connectivity index (χ0) is 73.0. The number of primary amides is 1. The zero-order valence-electron chi connectivity index (χ0n) is 57.0. The van der Waals surface area contributed by atoms with Gasteiger partial charge < -0.3 is 69.1 Å².